The molecule has 0 unspecified atom stereocenters. The van der Waals surface area contributed by atoms with Crippen molar-refractivity contribution in [2.75, 3.05) is 0 Å². The van der Waals surface area contributed by atoms with Crippen molar-refractivity contribution in [3.63, 3.8) is 0 Å². The monoisotopic (exact) mass is 337 g/mol. The number of benzene rings is 1. The number of aromatic amines is 1. The Morgan fingerprint density at radius 3 is 2.52 bits per heavy atom. The van der Waals surface area contributed by atoms with E-state index in [9.17, 15) is 4.79 Å². The second-order valence-electron chi connectivity index (χ2n) is 7.17. The third-order valence-corrected chi connectivity index (χ3v) is 4.84. The van der Waals surface area contributed by atoms with Crippen LogP contribution in [-0.4, -0.2) is 9.55 Å². The minimum Gasteiger partial charge on any atom is -0.345 e. The number of nitrogens with one attached hydrogen (secondary N) is 2. The summed E-state index contributed by atoms with van der Waals surface area (Å²) in [5.41, 5.74) is 6.62. The topological polar surface area (TPSA) is 49.8 Å². The van der Waals surface area contributed by atoms with Crippen molar-refractivity contribution >= 4 is 10.9 Å². The molecular formula is C21H27N3O. The molecule has 0 atom stereocenters. The average molecular weight is 337 g/mol. The van der Waals surface area contributed by atoms with Crippen molar-refractivity contribution in [3.8, 4) is 0 Å². The Labute approximate surface area is 148 Å². The van der Waals surface area contributed by atoms with Crippen molar-refractivity contribution in [2.45, 2.75) is 53.8 Å². The van der Waals surface area contributed by atoms with Crippen LogP contribution in [0.1, 0.15) is 47.8 Å². The smallest absolute Gasteiger partial charge is 0.252 e. The first kappa shape index (κ1) is 17.5. The third-order valence-electron chi connectivity index (χ3n) is 4.84. The molecule has 0 bridgehead atoms. The maximum absolute atomic E-state index is 12.1. The van der Waals surface area contributed by atoms with Crippen molar-refractivity contribution in [1.29, 1.82) is 0 Å². The number of hydrogen-bond donors (Lipinski definition) is 2. The number of aryl methyl sites for hydroxylation is 3. The van der Waals surface area contributed by atoms with E-state index in [-0.39, 0.29) is 5.56 Å². The molecule has 2 heterocycles. The van der Waals surface area contributed by atoms with E-state index in [1.165, 1.54) is 22.0 Å². The Morgan fingerprint density at radius 2 is 1.84 bits per heavy atom. The summed E-state index contributed by atoms with van der Waals surface area (Å²) in [7, 11) is 0. The second-order valence-corrected chi connectivity index (χ2v) is 7.17. The van der Waals surface area contributed by atoms with Crippen LogP contribution in [0.5, 0.6) is 0 Å². The Morgan fingerprint density at radius 1 is 1.08 bits per heavy atom. The highest BCUT2D eigenvalue weighted by Gasteiger charge is 2.11. The second kappa shape index (κ2) is 6.89. The number of rotatable bonds is 5. The average Bonchev–Trinajstić information content (AvgIpc) is 2.98. The molecule has 0 spiro atoms. The van der Waals surface area contributed by atoms with Crippen molar-refractivity contribution < 1.29 is 0 Å². The fraction of sp³-hybridized carbons (Fsp3) is 0.381. The Bertz CT molecular complexity index is 963. The molecule has 2 N–H and O–H groups in total. The van der Waals surface area contributed by atoms with Crippen LogP contribution in [0.2, 0.25) is 0 Å². The third kappa shape index (κ3) is 3.40. The number of fused-ring (bicyclic) bond motifs is 1. The summed E-state index contributed by atoms with van der Waals surface area (Å²) in [5.74, 6) is 0. The highest BCUT2D eigenvalue weighted by molar-refractivity contribution is 5.86. The van der Waals surface area contributed by atoms with E-state index >= 15 is 0 Å². The van der Waals surface area contributed by atoms with Crippen LogP contribution in [0.3, 0.4) is 0 Å². The Hall–Kier alpha value is -2.33. The number of aromatic nitrogens is 2. The van der Waals surface area contributed by atoms with E-state index in [0.717, 1.165) is 23.4 Å². The number of pyridine rings is 1. The van der Waals surface area contributed by atoms with Crippen LogP contribution in [0, 0.1) is 20.8 Å². The van der Waals surface area contributed by atoms with E-state index in [1.807, 2.05) is 19.9 Å². The molecule has 0 saturated heterocycles. The van der Waals surface area contributed by atoms with Gasteiger partial charge in [-0.15, -0.1) is 0 Å². The molecule has 2 aromatic heterocycles. The van der Waals surface area contributed by atoms with Gasteiger partial charge in [-0.05, 0) is 63.4 Å². The molecule has 0 radical (unpaired) electrons. The van der Waals surface area contributed by atoms with Gasteiger partial charge < -0.3 is 14.9 Å². The SMILES string of the molecule is Cc1cc(C)c(CNCc2ccc(C)c3c2ccn3C(C)C)c(=O)[nH]1. The molecule has 25 heavy (non-hydrogen) atoms. The molecule has 0 aliphatic heterocycles. The molecule has 4 nitrogen and oxygen atoms in total. The Balaban J connectivity index is 1.83. The molecular weight excluding hydrogens is 310 g/mol. The van der Waals surface area contributed by atoms with Gasteiger partial charge in [0, 0.05) is 42.0 Å². The molecule has 0 aliphatic carbocycles. The molecule has 0 fully saturated rings. The van der Waals surface area contributed by atoms with Gasteiger partial charge in [0.15, 0.2) is 0 Å². The fourth-order valence-electron chi connectivity index (χ4n) is 3.52. The largest absolute Gasteiger partial charge is 0.345 e. The van der Waals surface area contributed by atoms with Gasteiger partial charge in [0.05, 0.1) is 5.52 Å². The van der Waals surface area contributed by atoms with E-state index in [1.54, 1.807) is 0 Å². The summed E-state index contributed by atoms with van der Waals surface area (Å²) < 4.78 is 2.32. The first-order chi connectivity index (χ1) is 11.9. The molecule has 0 aliphatic rings. The molecule has 132 valence electrons. The van der Waals surface area contributed by atoms with Crippen molar-refractivity contribution in [1.82, 2.24) is 14.9 Å². The van der Waals surface area contributed by atoms with Crippen LogP contribution in [0.25, 0.3) is 10.9 Å². The van der Waals surface area contributed by atoms with Crippen molar-refractivity contribution in [3.05, 3.63) is 68.8 Å². The van der Waals surface area contributed by atoms with Gasteiger partial charge in [-0.1, -0.05) is 12.1 Å². The minimum atomic E-state index is 0.00464. The zero-order valence-electron chi connectivity index (χ0n) is 15.7. The summed E-state index contributed by atoms with van der Waals surface area (Å²) in [5, 5.41) is 4.73. The first-order valence-corrected chi connectivity index (χ1v) is 8.87. The van der Waals surface area contributed by atoms with Crippen LogP contribution < -0.4 is 10.9 Å². The lowest BCUT2D eigenvalue weighted by Gasteiger charge is -2.13. The predicted molar refractivity (Wildman–Crippen MR) is 104 cm³/mol. The molecule has 0 amide bonds. The van der Waals surface area contributed by atoms with E-state index in [2.05, 4.69) is 60.0 Å². The van der Waals surface area contributed by atoms with Gasteiger partial charge in [0.25, 0.3) is 5.56 Å². The molecule has 4 heteroatoms. The lowest BCUT2D eigenvalue weighted by atomic mass is 10.1. The summed E-state index contributed by atoms with van der Waals surface area (Å²) >= 11 is 0. The predicted octanol–water partition coefficient (Wildman–Crippen LogP) is 4.13. The van der Waals surface area contributed by atoms with Crippen LogP contribution >= 0.6 is 0 Å². The highest BCUT2D eigenvalue weighted by atomic mass is 16.1. The van der Waals surface area contributed by atoms with Gasteiger partial charge in [-0.25, -0.2) is 0 Å². The molecule has 3 rings (SSSR count). The summed E-state index contributed by atoms with van der Waals surface area (Å²) in [6, 6.07) is 9.02. The normalized spacial score (nSPS) is 11.6. The minimum absolute atomic E-state index is 0.00464. The fourth-order valence-corrected chi connectivity index (χ4v) is 3.52. The summed E-state index contributed by atoms with van der Waals surface area (Å²) in [6.45, 7) is 11.8. The van der Waals surface area contributed by atoms with Crippen LogP contribution in [-0.2, 0) is 13.1 Å². The van der Waals surface area contributed by atoms with Gasteiger partial charge >= 0.3 is 0 Å². The van der Waals surface area contributed by atoms with E-state index in [4.69, 9.17) is 0 Å². The first-order valence-electron chi connectivity index (χ1n) is 8.87. The highest BCUT2D eigenvalue weighted by Crippen LogP contribution is 2.26. The number of nitrogens with zero attached hydrogens (tertiary/aromatic N) is 1. The molecule has 0 saturated carbocycles. The molecule has 1 aromatic carbocycles. The maximum Gasteiger partial charge on any atom is 0.252 e. The standard InChI is InChI=1S/C21H27N3O/c1-13(2)24-9-8-18-17(7-6-14(3)20(18)24)11-22-12-19-15(4)10-16(5)23-21(19)25/h6-10,13,22H,11-12H2,1-5H3,(H,23,25). The van der Waals surface area contributed by atoms with Gasteiger partial charge in [-0.2, -0.15) is 0 Å². The quantitative estimate of drug-likeness (QED) is 0.735. The van der Waals surface area contributed by atoms with E-state index < -0.39 is 0 Å². The molecule has 3 aromatic rings. The lowest BCUT2D eigenvalue weighted by molar-refractivity contribution is 0.621. The summed E-state index contributed by atoms with van der Waals surface area (Å²) in [4.78, 5) is 15.0. The number of hydrogen-bond acceptors (Lipinski definition) is 2. The van der Waals surface area contributed by atoms with Gasteiger partial charge in [0.1, 0.15) is 0 Å². The maximum atomic E-state index is 12.1. The number of H-pyrrole nitrogens is 1. The zero-order valence-corrected chi connectivity index (χ0v) is 15.7. The van der Waals surface area contributed by atoms with Crippen LogP contribution in [0.15, 0.2) is 35.3 Å². The van der Waals surface area contributed by atoms with Gasteiger partial charge in [-0.3, -0.25) is 4.79 Å². The summed E-state index contributed by atoms with van der Waals surface area (Å²) in [6.07, 6.45) is 2.17. The lowest BCUT2D eigenvalue weighted by Crippen LogP contribution is -2.22. The Kier molecular flexibility index (Phi) is 4.82. The van der Waals surface area contributed by atoms with E-state index in [0.29, 0.717) is 12.6 Å². The van der Waals surface area contributed by atoms with Crippen molar-refractivity contribution in [2.24, 2.45) is 0 Å². The zero-order chi connectivity index (χ0) is 18.1. The van der Waals surface area contributed by atoms with Gasteiger partial charge in [0.2, 0.25) is 0 Å². The van der Waals surface area contributed by atoms with Crippen LogP contribution in [0.4, 0.5) is 0 Å².